The van der Waals surface area contributed by atoms with Crippen molar-refractivity contribution in [3.63, 3.8) is 0 Å². The van der Waals surface area contributed by atoms with Crippen molar-refractivity contribution in [3.05, 3.63) is 29.8 Å². The average Bonchev–Trinajstić information content (AvgIpc) is 2.40. The van der Waals surface area contributed by atoms with E-state index in [2.05, 4.69) is 10.3 Å². The fourth-order valence-corrected chi connectivity index (χ4v) is 2.47. The first-order valence-electron chi connectivity index (χ1n) is 7.08. The van der Waals surface area contributed by atoms with E-state index in [1.165, 1.54) is 17.2 Å². The first-order valence-corrected chi connectivity index (χ1v) is 7.08. The Morgan fingerprint density at radius 1 is 1.38 bits per heavy atom. The second-order valence-electron chi connectivity index (χ2n) is 5.84. The lowest BCUT2D eigenvalue weighted by molar-refractivity contribution is -0.149. The molecule has 2 amide bonds. The maximum atomic E-state index is 13.2. The molecule has 1 aromatic rings. The summed E-state index contributed by atoms with van der Waals surface area (Å²) in [5, 5.41) is 2.75. The van der Waals surface area contributed by atoms with Gasteiger partial charge in [0.1, 0.15) is 17.9 Å². The van der Waals surface area contributed by atoms with Crippen molar-refractivity contribution >= 4 is 11.8 Å². The van der Waals surface area contributed by atoms with Crippen LogP contribution >= 0.6 is 0 Å². The molecule has 0 aromatic carbocycles. The Morgan fingerprint density at radius 2 is 2.10 bits per heavy atom. The van der Waals surface area contributed by atoms with Gasteiger partial charge in [-0.25, -0.2) is 4.39 Å². The third-order valence-electron chi connectivity index (χ3n) is 3.57. The average molecular weight is 293 g/mol. The summed E-state index contributed by atoms with van der Waals surface area (Å²) in [5.74, 6) is -0.456. The number of hydrogen-bond acceptors (Lipinski definition) is 3. The highest BCUT2D eigenvalue weighted by Gasteiger charge is 2.38. The SMILES string of the molecule is CC(C)CC1NC(=O)C(C)N(Cc2cncc(F)c2)C1=O. The van der Waals surface area contributed by atoms with Crippen molar-refractivity contribution in [1.82, 2.24) is 15.2 Å². The van der Waals surface area contributed by atoms with Gasteiger partial charge in [-0.15, -0.1) is 0 Å². The fourth-order valence-electron chi connectivity index (χ4n) is 2.47. The number of rotatable bonds is 4. The van der Waals surface area contributed by atoms with Crippen LogP contribution in [-0.4, -0.2) is 33.8 Å². The second-order valence-corrected chi connectivity index (χ2v) is 5.84. The summed E-state index contributed by atoms with van der Waals surface area (Å²) in [5.41, 5.74) is 0.577. The first kappa shape index (κ1) is 15.4. The minimum Gasteiger partial charge on any atom is -0.343 e. The quantitative estimate of drug-likeness (QED) is 0.914. The van der Waals surface area contributed by atoms with Crippen LogP contribution in [0.2, 0.25) is 0 Å². The van der Waals surface area contributed by atoms with Gasteiger partial charge < -0.3 is 10.2 Å². The minimum atomic E-state index is -0.566. The Kier molecular flexibility index (Phi) is 4.55. The van der Waals surface area contributed by atoms with Crippen LogP contribution in [-0.2, 0) is 16.1 Å². The number of carbonyl (C=O) groups is 2. The van der Waals surface area contributed by atoms with Gasteiger partial charge in [0.05, 0.1) is 6.20 Å². The molecule has 6 heteroatoms. The van der Waals surface area contributed by atoms with Crippen LogP contribution < -0.4 is 5.32 Å². The number of carbonyl (C=O) groups excluding carboxylic acids is 2. The third-order valence-corrected chi connectivity index (χ3v) is 3.57. The van der Waals surface area contributed by atoms with Crippen LogP contribution in [0, 0.1) is 11.7 Å². The molecule has 1 N–H and O–H groups in total. The van der Waals surface area contributed by atoms with Gasteiger partial charge in [-0.3, -0.25) is 14.6 Å². The molecule has 1 aliphatic rings. The van der Waals surface area contributed by atoms with Crippen molar-refractivity contribution in [1.29, 1.82) is 0 Å². The summed E-state index contributed by atoms with van der Waals surface area (Å²) in [4.78, 5) is 29.8. The van der Waals surface area contributed by atoms with Crippen LogP contribution in [0.4, 0.5) is 4.39 Å². The molecule has 0 bridgehead atoms. The van der Waals surface area contributed by atoms with E-state index in [-0.39, 0.29) is 18.4 Å². The smallest absolute Gasteiger partial charge is 0.246 e. The topological polar surface area (TPSA) is 62.3 Å². The molecule has 1 aromatic heterocycles. The molecular formula is C15H20FN3O2. The summed E-state index contributed by atoms with van der Waals surface area (Å²) < 4.78 is 13.2. The van der Waals surface area contributed by atoms with E-state index >= 15 is 0 Å². The van der Waals surface area contributed by atoms with Gasteiger partial charge in [-0.1, -0.05) is 13.8 Å². The molecule has 0 spiro atoms. The lowest BCUT2D eigenvalue weighted by Gasteiger charge is -2.38. The summed E-state index contributed by atoms with van der Waals surface area (Å²) >= 11 is 0. The molecule has 21 heavy (non-hydrogen) atoms. The molecule has 1 fully saturated rings. The number of hydrogen-bond donors (Lipinski definition) is 1. The molecule has 0 saturated carbocycles. The Hall–Kier alpha value is -1.98. The Balaban J connectivity index is 2.18. The maximum Gasteiger partial charge on any atom is 0.246 e. The van der Waals surface area contributed by atoms with Crippen molar-refractivity contribution in [2.45, 2.75) is 45.8 Å². The van der Waals surface area contributed by atoms with E-state index in [9.17, 15) is 14.0 Å². The zero-order valence-corrected chi connectivity index (χ0v) is 12.5. The monoisotopic (exact) mass is 293 g/mol. The minimum absolute atomic E-state index is 0.125. The molecule has 2 unspecified atom stereocenters. The van der Waals surface area contributed by atoms with Crippen LogP contribution in [0.3, 0.4) is 0 Å². The van der Waals surface area contributed by atoms with Crippen molar-refractivity contribution in [3.8, 4) is 0 Å². The largest absolute Gasteiger partial charge is 0.343 e. The Bertz CT molecular complexity index is 547. The number of pyridine rings is 1. The predicted molar refractivity (Wildman–Crippen MR) is 75.6 cm³/mol. The molecular weight excluding hydrogens is 273 g/mol. The summed E-state index contributed by atoms with van der Waals surface area (Å²) in [6.07, 6.45) is 3.21. The first-order chi connectivity index (χ1) is 9.88. The van der Waals surface area contributed by atoms with E-state index in [1.807, 2.05) is 13.8 Å². The summed E-state index contributed by atoms with van der Waals surface area (Å²) in [6, 6.07) is 0.260. The number of aromatic nitrogens is 1. The Labute approximate surface area is 123 Å². The van der Waals surface area contributed by atoms with Crippen LogP contribution in [0.25, 0.3) is 0 Å². The number of halogens is 1. The molecule has 114 valence electrons. The van der Waals surface area contributed by atoms with E-state index in [0.29, 0.717) is 17.9 Å². The second kappa shape index (κ2) is 6.20. The molecule has 5 nitrogen and oxygen atoms in total. The molecule has 1 saturated heterocycles. The number of amides is 2. The van der Waals surface area contributed by atoms with Crippen LogP contribution in [0.5, 0.6) is 0 Å². The molecule has 2 atom stereocenters. The predicted octanol–water partition coefficient (Wildman–Crippen LogP) is 1.48. The van der Waals surface area contributed by atoms with Gasteiger partial charge in [-0.05, 0) is 30.9 Å². The van der Waals surface area contributed by atoms with Gasteiger partial charge in [0.15, 0.2) is 0 Å². The summed E-state index contributed by atoms with van der Waals surface area (Å²) in [7, 11) is 0. The van der Waals surface area contributed by atoms with Gasteiger partial charge in [-0.2, -0.15) is 0 Å². The van der Waals surface area contributed by atoms with Crippen molar-refractivity contribution < 1.29 is 14.0 Å². The molecule has 0 radical (unpaired) electrons. The molecule has 1 aliphatic heterocycles. The zero-order chi connectivity index (χ0) is 15.6. The Morgan fingerprint density at radius 3 is 2.71 bits per heavy atom. The highest BCUT2D eigenvalue weighted by Crippen LogP contribution is 2.18. The third kappa shape index (κ3) is 3.56. The number of nitrogens with one attached hydrogen (secondary N) is 1. The lowest BCUT2D eigenvalue weighted by Crippen LogP contribution is -2.62. The molecule has 0 aliphatic carbocycles. The van der Waals surface area contributed by atoms with Crippen LogP contribution in [0.15, 0.2) is 18.5 Å². The van der Waals surface area contributed by atoms with Gasteiger partial charge in [0.25, 0.3) is 0 Å². The van der Waals surface area contributed by atoms with Crippen molar-refractivity contribution in [2.75, 3.05) is 0 Å². The number of piperazine rings is 1. The lowest BCUT2D eigenvalue weighted by atomic mass is 9.98. The molecule has 2 heterocycles. The van der Waals surface area contributed by atoms with Crippen molar-refractivity contribution in [2.24, 2.45) is 5.92 Å². The highest BCUT2D eigenvalue weighted by molar-refractivity contribution is 5.96. The standard InChI is InChI=1S/C15H20FN3O2/c1-9(2)4-13-15(21)19(10(3)14(20)18-13)8-11-5-12(16)7-17-6-11/h5-7,9-10,13H,4,8H2,1-3H3,(H,18,20). The van der Waals surface area contributed by atoms with Crippen LogP contribution in [0.1, 0.15) is 32.8 Å². The van der Waals surface area contributed by atoms with E-state index in [4.69, 9.17) is 0 Å². The zero-order valence-electron chi connectivity index (χ0n) is 12.5. The highest BCUT2D eigenvalue weighted by atomic mass is 19.1. The van der Waals surface area contributed by atoms with E-state index < -0.39 is 17.9 Å². The maximum absolute atomic E-state index is 13.2. The normalized spacial score (nSPS) is 22.6. The summed E-state index contributed by atoms with van der Waals surface area (Å²) in [6.45, 7) is 5.86. The fraction of sp³-hybridized carbons (Fsp3) is 0.533. The van der Waals surface area contributed by atoms with Gasteiger partial charge in [0, 0.05) is 12.7 Å². The number of nitrogens with zero attached hydrogens (tertiary/aromatic N) is 2. The van der Waals surface area contributed by atoms with E-state index in [0.717, 1.165) is 6.20 Å². The van der Waals surface area contributed by atoms with Gasteiger partial charge in [0.2, 0.25) is 11.8 Å². The van der Waals surface area contributed by atoms with Gasteiger partial charge >= 0.3 is 0 Å². The van der Waals surface area contributed by atoms with E-state index in [1.54, 1.807) is 6.92 Å². The molecule has 2 rings (SSSR count).